The molecule has 6 nitrogen and oxygen atoms in total. The summed E-state index contributed by atoms with van der Waals surface area (Å²) in [6.07, 6.45) is 6.30. The number of guanidine groups is 1. The van der Waals surface area contributed by atoms with Crippen molar-refractivity contribution in [1.82, 2.24) is 25.3 Å². The summed E-state index contributed by atoms with van der Waals surface area (Å²) in [6, 6.07) is 1.17. The lowest BCUT2D eigenvalue weighted by molar-refractivity contribution is 0.167. The molecular formula is C16H30N6. The number of hydrogen-bond donors (Lipinski definition) is 2. The summed E-state index contributed by atoms with van der Waals surface area (Å²) in [5, 5.41) is 11.2. The normalized spacial score (nSPS) is 18.0. The SMILES string of the molecule is CN=C(NCCn1cc(C)cn1)NC1CCN(C(C)C)CC1. The number of hydrogen-bond acceptors (Lipinski definition) is 3. The van der Waals surface area contributed by atoms with Crippen molar-refractivity contribution in [1.29, 1.82) is 0 Å². The van der Waals surface area contributed by atoms with Crippen molar-refractivity contribution in [3.63, 3.8) is 0 Å². The highest BCUT2D eigenvalue weighted by molar-refractivity contribution is 5.79. The van der Waals surface area contributed by atoms with E-state index in [0.717, 1.165) is 19.0 Å². The standard InChI is InChI=1S/C16H30N6/c1-13(2)21-8-5-15(6-9-21)20-16(17-4)18-7-10-22-12-14(3)11-19-22/h11-13,15H,5-10H2,1-4H3,(H2,17,18,20). The van der Waals surface area contributed by atoms with Crippen LogP contribution < -0.4 is 10.6 Å². The molecule has 1 fully saturated rings. The third-order valence-electron chi connectivity index (χ3n) is 4.22. The van der Waals surface area contributed by atoms with E-state index in [1.54, 1.807) is 0 Å². The Kier molecular flexibility index (Phi) is 6.24. The first-order chi connectivity index (χ1) is 10.6. The van der Waals surface area contributed by atoms with Crippen LogP contribution in [0.25, 0.3) is 0 Å². The maximum atomic E-state index is 4.32. The summed E-state index contributed by atoms with van der Waals surface area (Å²) in [5.74, 6) is 0.895. The topological polar surface area (TPSA) is 57.5 Å². The van der Waals surface area contributed by atoms with Gasteiger partial charge in [-0.25, -0.2) is 0 Å². The van der Waals surface area contributed by atoms with E-state index in [-0.39, 0.29) is 0 Å². The highest BCUT2D eigenvalue weighted by Gasteiger charge is 2.21. The molecule has 2 rings (SSSR count). The van der Waals surface area contributed by atoms with Gasteiger partial charge in [-0.3, -0.25) is 9.67 Å². The molecule has 0 bridgehead atoms. The van der Waals surface area contributed by atoms with E-state index in [1.807, 2.05) is 17.9 Å². The fourth-order valence-corrected chi connectivity index (χ4v) is 2.83. The van der Waals surface area contributed by atoms with Crippen molar-refractivity contribution in [2.24, 2.45) is 4.99 Å². The Morgan fingerprint density at radius 1 is 1.41 bits per heavy atom. The van der Waals surface area contributed by atoms with Crippen LogP contribution in [0, 0.1) is 6.92 Å². The molecule has 1 saturated heterocycles. The molecule has 1 aromatic heterocycles. The highest BCUT2D eigenvalue weighted by Crippen LogP contribution is 2.12. The number of nitrogens with zero attached hydrogens (tertiary/aromatic N) is 4. The van der Waals surface area contributed by atoms with Gasteiger partial charge in [-0.1, -0.05) is 0 Å². The summed E-state index contributed by atoms with van der Waals surface area (Å²) < 4.78 is 1.96. The van der Waals surface area contributed by atoms with Crippen molar-refractivity contribution < 1.29 is 0 Å². The first kappa shape index (κ1) is 16.8. The zero-order chi connectivity index (χ0) is 15.9. The number of rotatable bonds is 5. The first-order valence-electron chi connectivity index (χ1n) is 8.28. The minimum Gasteiger partial charge on any atom is -0.355 e. The predicted molar refractivity (Wildman–Crippen MR) is 91.2 cm³/mol. The summed E-state index contributed by atoms with van der Waals surface area (Å²) in [5.41, 5.74) is 1.19. The second-order valence-electron chi connectivity index (χ2n) is 6.33. The van der Waals surface area contributed by atoms with Gasteiger partial charge in [0.05, 0.1) is 12.7 Å². The summed E-state index contributed by atoms with van der Waals surface area (Å²) in [7, 11) is 1.83. The van der Waals surface area contributed by atoms with Crippen LogP contribution in [-0.4, -0.2) is 59.4 Å². The number of piperidine rings is 1. The molecular weight excluding hydrogens is 276 g/mol. The molecule has 22 heavy (non-hydrogen) atoms. The van der Waals surface area contributed by atoms with Crippen LogP contribution in [0.1, 0.15) is 32.3 Å². The zero-order valence-electron chi connectivity index (χ0n) is 14.3. The van der Waals surface area contributed by atoms with E-state index < -0.39 is 0 Å². The Labute approximate surface area is 134 Å². The minimum absolute atomic E-state index is 0.521. The van der Waals surface area contributed by atoms with Crippen LogP contribution in [0.5, 0.6) is 0 Å². The van der Waals surface area contributed by atoms with Gasteiger partial charge in [0.25, 0.3) is 0 Å². The average Bonchev–Trinajstić information content (AvgIpc) is 2.92. The van der Waals surface area contributed by atoms with Crippen LogP contribution in [0.15, 0.2) is 17.4 Å². The number of likely N-dealkylation sites (tertiary alicyclic amines) is 1. The van der Waals surface area contributed by atoms with Gasteiger partial charge in [-0.05, 0) is 39.2 Å². The third-order valence-corrected chi connectivity index (χ3v) is 4.22. The largest absolute Gasteiger partial charge is 0.355 e. The Morgan fingerprint density at radius 2 is 2.14 bits per heavy atom. The fraction of sp³-hybridized carbons (Fsp3) is 0.750. The molecule has 6 heteroatoms. The summed E-state index contributed by atoms with van der Waals surface area (Å²) in [6.45, 7) is 10.6. The maximum Gasteiger partial charge on any atom is 0.191 e. The molecule has 0 radical (unpaired) electrons. The van der Waals surface area contributed by atoms with Crippen LogP contribution in [0.3, 0.4) is 0 Å². The van der Waals surface area contributed by atoms with Crippen molar-refractivity contribution >= 4 is 5.96 Å². The quantitative estimate of drug-likeness (QED) is 0.634. The smallest absolute Gasteiger partial charge is 0.191 e. The molecule has 1 aliphatic heterocycles. The van der Waals surface area contributed by atoms with Gasteiger partial charge >= 0.3 is 0 Å². The van der Waals surface area contributed by atoms with E-state index in [4.69, 9.17) is 0 Å². The summed E-state index contributed by atoms with van der Waals surface area (Å²) in [4.78, 5) is 6.86. The third kappa shape index (κ3) is 5.02. The molecule has 0 spiro atoms. The van der Waals surface area contributed by atoms with Crippen molar-refractivity contribution in [3.8, 4) is 0 Å². The van der Waals surface area contributed by atoms with Crippen molar-refractivity contribution in [3.05, 3.63) is 18.0 Å². The second-order valence-corrected chi connectivity index (χ2v) is 6.33. The van der Waals surface area contributed by atoms with Gasteiger partial charge in [0, 0.05) is 45.0 Å². The number of aromatic nitrogens is 2. The van der Waals surface area contributed by atoms with E-state index >= 15 is 0 Å². The van der Waals surface area contributed by atoms with Crippen LogP contribution >= 0.6 is 0 Å². The molecule has 1 aromatic rings. The Balaban J connectivity index is 1.69. The highest BCUT2D eigenvalue weighted by atomic mass is 15.3. The Morgan fingerprint density at radius 3 is 2.68 bits per heavy atom. The maximum absolute atomic E-state index is 4.32. The van der Waals surface area contributed by atoms with E-state index in [9.17, 15) is 0 Å². The predicted octanol–water partition coefficient (Wildman–Crippen LogP) is 1.23. The van der Waals surface area contributed by atoms with Gasteiger partial charge in [0.1, 0.15) is 0 Å². The number of aryl methyl sites for hydroxylation is 1. The van der Waals surface area contributed by atoms with E-state index in [0.29, 0.717) is 12.1 Å². The number of aliphatic imine (C=N–C) groups is 1. The molecule has 0 aromatic carbocycles. The van der Waals surface area contributed by atoms with Gasteiger partial charge in [-0.2, -0.15) is 5.10 Å². The van der Waals surface area contributed by atoms with Gasteiger partial charge in [-0.15, -0.1) is 0 Å². The van der Waals surface area contributed by atoms with Gasteiger partial charge in [0.15, 0.2) is 5.96 Å². The Hall–Kier alpha value is -1.56. The lowest BCUT2D eigenvalue weighted by Gasteiger charge is -2.35. The molecule has 0 unspecified atom stereocenters. The molecule has 0 atom stereocenters. The molecule has 1 aliphatic rings. The van der Waals surface area contributed by atoms with Gasteiger partial charge < -0.3 is 15.5 Å². The fourth-order valence-electron chi connectivity index (χ4n) is 2.83. The average molecular weight is 306 g/mol. The molecule has 0 saturated carbocycles. The second kappa shape index (κ2) is 8.17. The molecule has 2 heterocycles. The van der Waals surface area contributed by atoms with Crippen LogP contribution in [0.4, 0.5) is 0 Å². The Bertz CT molecular complexity index is 471. The lowest BCUT2D eigenvalue weighted by Crippen LogP contribution is -2.50. The molecule has 0 aliphatic carbocycles. The minimum atomic E-state index is 0.521. The van der Waals surface area contributed by atoms with Crippen molar-refractivity contribution in [2.45, 2.75) is 52.2 Å². The monoisotopic (exact) mass is 306 g/mol. The van der Waals surface area contributed by atoms with E-state index in [2.05, 4.69) is 52.6 Å². The summed E-state index contributed by atoms with van der Waals surface area (Å²) >= 11 is 0. The van der Waals surface area contributed by atoms with Crippen LogP contribution in [0.2, 0.25) is 0 Å². The molecule has 2 N–H and O–H groups in total. The van der Waals surface area contributed by atoms with Gasteiger partial charge in [0.2, 0.25) is 0 Å². The van der Waals surface area contributed by atoms with E-state index in [1.165, 1.54) is 31.5 Å². The first-order valence-corrected chi connectivity index (χ1v) is 8.28. The van der Waals surface area contributed by atoms with Crippen molar-refractivity contribution in [2.75, 3.05) is 26.7 Å². The lowest BCUT2D eigenvalue weighted by atomic mass is 10.0. The van der Waals surface area contributed by atoms with Crippen LogP contribution in [-0.2, 0) is 6.54 Å². The molecule has 0 amide bonds. The molecule has 124 valence electrons. The number of nitrogens with one attached hydrogen (secondary N) is 2. The zero-order valence-corrected chi connectivity index (χ0v) is 14.3.